The number of phenols is 1. The van der Waals surface area contributed by atoms with E-state index >= 15 is 0 Å². The molecule has 4 rings (SSSR count). The van der Waals surface area contributed by atoms with Gasteiger partial charge in [-0.2, -0.15) is 0 Å². The molecule has 1 aromatic rings. The van der Waals surface area contributed by atoms with Crippen LogP contribution in [0.15, 0.2) is 29.4 Å². The molecule has 26 heavy (non-hydrogen) atoms. The predicted octanol–water partition coefficient (Wildman–Crippen LogP) is 2.85. The van der Waals surface area contributed by atoms with Gasteiger partial charge < -0.3 is 21.1 Å². The van der Waals surface area contributed by atoms with Crippen molar-refractivity contribution in [1.82, 2.24) is 10.2 Å². The van der Waals surface area contributed by atoms with Gasteiger partial charge in [-0.3, -0.25) is 0 Å². The summed E-state index contributed by atoms with van der Waals surface area (Å²) in [5, 5.41) is 13.9. The van der Waals surface area contributed by atoms with E-state index in [0.29, 0.717) is 18.4 Å². The molecule has 1 aromatic carbocycles. The summed E-state index contributed by atoms with van der Waals surface area (Å²) in [5.74, 6) is 1.69. The number of piperidine rings is 1. The minimum Gasteiger partial charge on any atom is -0.507 e. The second-order valence-electron chi connectivity index (χ2n) is 8.00. The zero-order valence-corrected chi connectivity index (χ0v) is 15.5. The Hall–Kier alpha value is -2.01. The molecule has 0 radical (unpaired) electrons. The molecule has 0 amide bonds. The van der Waals surface area contributed by atoms with Crippen molar-refractivity contribution in [1.29, 1.82) is 0 Å². The molecule has 140 valence electrons. The lowest BCUT2D eigenvalue weighted by atomic mass is 9.95. The Morgan fingerprint density at radius 2 is 2.04 bits per heavy atom. The molecule has 0 aromatic heterocycles. The van der Waals surface area contributed by atoms with E-state index in [1.54, 1.807) is 0 Å². The van der Waals surface area contributed by atoms with Crippen LogP contribution in [0.3, 0.4) is 0 Å². The zero-order chi connectivity index (χ0) is 17.9. The predicted molar refractivity (Wildman–Crippen MR) is 106 cm³/mol. The second kappa shape index (κ2) is 7.70. The highest BCUT2D eigenvalue weighted by molar-refractivity contribution is 5.91. The number of hydrogen-bond acceptors (Lipinski definition) is 5. The fourth-order valence-electron chi connectivity index (χ4n) is 4.55. The van der Waals surface area contributed by atoms with Crippen LogP contribution in [-0.4, -0.2) is 41.5 Å². The number of benzene rings is 1. The second-order valence-corrected chi connectivity index (χ2v) is 8.00. The van der Waals surface area contributed by atoms with Gasteiger partial charge in [0.25, 0.3) is 0 Å². The van der Waals surface area contributed by atoms with E-state index in [9.17, 15) is 5.11 Å². The van der Waals surface area contributed by atoms with Crippen molar-refractivity contribution in [2.24, 2.45) is 16.6 Å². The molecule has 5 heteroatoms. The van der Waals surface area contributed by atoms with Gasteiger partial charge >= 0.3 is 0 Å². The smallest absolute Gasteiger partial charge is 0.125 e. The lowest BCUT2D eigenvalue weighted by Crippen LogP contribution is -2.47. The van der Waals surface area contributed by atoms with E-state index < -0.39 is 0 Å². The SMILES string of the molecule is NC1=NC(c2cc(CC3CCCC3)ccc2O)=CN(C2CCCNC2)C1. The van der Waals surface area contributed by atoms with Crippen molar-refractivity contribution in [2.75, 3.05) is 19.6 Å². The number of aliphatic imine (C=N–C) groups is 1. The highest BCUT2D eigenvalue weighted by Crippen LogP contribution is 2.33. The third-order valence-corrected chi connectivity index (χ3v) is 5.97. The molecule has 3 aliphatic rings. The minimum atomic E-state index is 0.284. The summed E-state index contributed by atoms with van der Waals surface area (Å²) in [6.45, 7) is 2.73. The third kappa shape index (κ3) is 3.88. The van der Waals surface area contributed by atoms with Crippen molar-refractivity contribution < 1.29 is 5.11 Å². The number of nitrogens with zero attached hydrogens (tertiary/aromatic N) is 2. The number of amidine groups is 1. The molecule has 0 spiro atoms. The lowest BCUT2D eigenvalue weighted by molar-refractivity contribution is 0.252. The van der Waals surface area contributed by atoms with Crippen LogP contribution in [0.1, 0.15) is 49.7 Å². The van der Waals surface area contributed by atoms with Crippen molar-refractivity contribution in [3.63, 3.8) is 0 Å². The number of nitrogens with two attached hydrogens (primary N) is 1. The van der Waals surface area contributed by atoms with Gasteiger partial charge in [-0.1, -0.05) is 31.7 Å². The Kier molecular flexibility index (Phi) is 5.16. The monoisotopic (exact) mass is 354 g/mol. The van der Waals surface area contributed by atoms with Gasteiger partial charge in [0.2, 0.25) is 0 Å². The van der Waals surface area contributed by atoms with Gasteiger partial charge in [0.1, 0.15) is 11.6 Å². The Bertz CT molecular complexity index is 700. The topological polar surface area (TPSA) is 73.9 Å². The average molecular weight is 354 g/mol. The number of aromatic hydroxyl groups is 1. The standard InChI is InChI=1S/C21H30N4O/c22-21-14-25(17-6-3-9-23-12-17)13-19(24-21)18-11-16(7-8-20(18)26)10-15-4-1-2-5-15/h7-8,11,13,15,17,23,26H,1-6,9-10,12,14H2,(H2,22,24). The molecule has 1 aliphatic carbocycles. The number of phenolic OH excluding ortho intramolecular Hbond substituents is 1. The fourth-order valence-corrected chi connectivity index (χ4v) is 4.55. The Balaban J connectivity index is 1.58. The first-order valence-corrected chi connectivity index (χ1v) is 10.0. The number of hydrogen-bond donors (Lipinski definition) is 3. The van der Waals surface area contributed by atoms with E-state index in [4.69, 9.17) is 5.73 Å². The molecule has 1 unspecified atom stereocenters. The van der Waals surface area contributed by atoms with Crippen molar-refractivity contribution >= 4 is 11.5 Å². The van der Waals surface area contributed by atoms with E-state index in [1.165, 1.54) is 37.7 Å². The first-order valence-electron chi connectivity index (χ1n) is 10.0. The van der Waals surface area contributed by atoms with Crippen LogP contribution in [0.2, 0.25) is 0 Å². The summed E-state index contributed by atoms with van der Waals surface area (Å²) in [4.78, 5) is 6.85. The molecule has 2 heterocycles. The van der Waals surface area contributed by atoms with Gasteiger partial charge in [-0.25, -0.2) is 4.99 Å². The van der Waals surface area contributed by atoms with Crippen LogP contribution in [0.4, 0.5) is 0 Å². The lowest BCUT2D eigenvalue weighted by Gasteiger charge is -2.35. The Morgan fingerprint density at radius 3 is 2.81 bits per heavy atom. The Labute approximate surface area is 156 Å². The average Bonchev–Trinajstić information content (AvgIpc) is 3.16. The maximum Gasteiger partial charge on any atom is 0.125 e. The molecule has 5 nitrogen and oxygen atoms in total. The number of rotatable bonds is 4. The molecule has 2 fully saturated rings. The highest BCUT2D eigenvalue weighted by Gasteiger charge is 2.24. The van der Waals surface area contributed by atoms with Gasteiger partial charge in [-0.15, -0.1) is 0 Å². The van der Waals surface area contributed by atoms with Crippen molar-refractivity contribution in [3.8, 4) is 5.75 Å². The van der Waals surface area contributed by atoms with E-state index in [2.05, 4.69) is 33.5 Å². The zero-order valence-electron chi connectivity index (χ0n) is 15.5. The summed E-state index contributed by atoms with van der Waals surface area (Å²) < 4.78 is 0. The number of nitrogens with one attached hydrogen (secondary N) is 1. The summed E-state index contributed by atoms with van der Waals surface area (Å²) in [7, 11) is 0. The first kappa shape index (κ1) is 17.4. The minimum absolute atomic E-state index is 0.284. The summed E-state index contributed by atoms with van der Waals surface area (Å²) in [6, 6.07) is 6.42. The van der Waals surface area contributed by atoms with Crippen LogP contribution in [0.25, 0.3) is 5.70 Å². The van der Waals surface area contributed by atoms with Gasteiger partial charge in [-0.05, 0) is 49.4 Å². The summed E-state index contributed by atoms with van der Waals surface area (Å²) in [6.07, 6.45) is 10.9. The Morgan fingerprint density at radius 1 is 1.19 bits per heavy atom. The van der Waals surface area contributed by atoms with E-state index in [-0.39, 0.29) is 5.75 Å². The van der Waals surface area contributed by atoms with Crippen LogP contribution in [-0.2, 0) is 6.42 Å². The largest absolute Gasteiger partial charge is 0.507 e. The van der Waals surface area contributed by atoms with Crippen molar-refractivity contribution in [2.45, 2.75) is 51.0 Å². The normalized spacial score (nSPS) is 24.5. The third-order valence-electron chi connectivity index (χ3n) is 5.97. The maximum absolute atomic E-state index is 10.4. The molecular weight excluding hydrogens is 324 g/mol. The molecule has 2 aliphatic heterocycles. The molecule has 4 N–H and O–H groups in total. The quantitative estimate of drug-likeness (QED) is 0.777. The van der Waals surface area contributed by atoms with Crippen LogP contribution in [0, 0.1) is 5.92 Å². The summed E-state index contributed by atoms with van der Waals surface area (Å²) >= 11 is 0. The van der Waals surface area contributed by atoms with Gasteiger partial charge in [0.05, 0.1) is 12.2 Å². The van der Waals surface area contributed by atoms with E-state index in [0.717, 1.165) is 43.1 Å². The fraction of sp³-hybridized carbons (Fsp3) is 0.571. The van der Waals surface area contributed by atoms with Crippen LogP contribution >= 0.6 is 0 Å². The molecular formula is C21H30N4O. The van der Waals surface area contributed by atoms with Gasteiger partial charge in [0, 0.05) is 24.4 Å². The molecule has 1 saturated heterocycles. The maximum atomic E-state index is 10.4. The van der Waals surface area contributed by atoms with Crippen LogP contribution in [0.5, 0.6) is 5.75 Å². The first-order chi connectivity index (χ1) is 12.7. The van der Waals surface area contributed by atoms with E-state index in [1.807, 2.05) is 6.07 Å². The molecule has 0 bridgehead atoms. The van der Waals surface area contributed by atoms with Gasteiger partial charge in [0.15, 0.2) is 0 Å². The summed E-state index contributed by atoms with van der Waals surface area (Å²) in [5.41, 5.74) is 9.02. The molecule has 1 atom stereocenters. The molecule has 1 saturated carbocycles. The van der Waals surface area contributed by atoms with Crippen LogP contribution < -0.4 is 11.1 Å². The highest BCUT2D eigenvalue weighted by atomic mass is 16.3. The van der Waals surface area contributed by atoms with Crippen molar-refractivity contribution in [3.05, 3.63) is 35.5 Å².